The highest BCUT2D eigenvalue weighted by Gasteiger charge is 2.30. The number of benzene rings is 1. The molecule has 1 fully saturated rings. The first kappa shape index (κ1) is 20.2. The predicted octanol–water partition coefficient (Wildman–Crippen LogP) is 4.29. The largest absolute Gasteiger partial charge is 0.303 e. The van der Waals surface area contributed by atoms with Crippen molar-refractivity contribution < 1.29 is 8.42 Å². The third-order valence-electron chi connectivity index (χ3n) is 5.62. The van der Waals surface area contributed by atoms with Crippen LogP contribution in [0.25, 0.3) is 10.9 Å². The number of piperidine rings is 1. The standard InChI is InChI=1S/C21H33N3O2S/c1-5-6-13-23-14-11-17(12-15-23)19-16-24(20-10-8-7-9-18(19)20)22-27(25,26)21(2,3)4/h7-10,16-17,22H,5-6,11-15H2,1-4H3. The SMILES string of the molecule is CCCCN1CCC(c2cn(NS(=O)(=O)C(C)(C)C)c3ccccc23)CC1. The first-order valence-corrected chi connectivity index (χ1v) is 11.6. The number of aromatic nitrogens is 1. The van der Waals surface area contributed by atoms with Gasteiger partial charge in [0.1, 0.15) is 0 Å². The van der Waals surface area contributed by atoms with Gasteiger partial charge in [0, 0.05) is 11.6 Å². The molecule has 150 valence electrons. The van der Waals surface area contributed by atoms with Crippen LogP contribution in [-0.4, -0.2) is 42.4 Å². The summed E-state index contributed by atoms with van der Waals surface area (Å²) in [7, 11) is -3.47. The minimum atomic E-state index is -3.47. The van der Waals surface area contributed by atoms with Gasteiger partial charge in [-0.3, -0.25) is 4.68 Å². The molecule has 1 N–H and O–H groups in total. The highest BCUT2D eigenvalue weighted by molar-refractivity contribution is 7.93. The lowest BCUT2D eigenvalue weighted by molar-refractivity contribution is 0.210. The minimum absolute atomic E-state index is 0.480. The summed E-state index contributed by atoms with van der Waals surface area (Å²) in [5, 5.41) is 1.15. The van der Waals surface area contributed by atoms with Crippen molar-refractivity contribution in [2.75, 3.05) is 24.5 Å². The van der Waals surface area contributed by atoms with Crippen molar-refractivity contribution in [1.29, 1.82) is 0 Å². The number of sulfonamides is 1. The lowest BCUT2D eigenvalue weighted by Crippen LogP contribution is -2.37. The van der Waals surface area contributed by atoms with Gasteiger partial charge in [0.2, 0.25) is 0 Å². The van der Waals surface area contributed by atoms with Gasteiger partial charge in [0.25, 0.3) is 10.0 Å². The molecule has 1 aliphatic heterocycles. The Bertz CT molecular complexity index is 872. The van der Waals surface area contributed by atoms with Gasteiger partial charge in [-0.05, 0) is 77.2 Å². The van der Waals surface area contributed by atoms with Crippen LogP contribution in [0.15, 0.2) is 30.5 Å². The average molecular weight is 392 g/mol. The molecular formula is C21H33N3O2S. The van der Waals surface area contributed by atoms with Gasteiger partial charge in [-0.25, -0.2) is 13.2 Å². The van der Waals surface area contributed by atoms with Gasteiger partial charge >= 0.3 is 0 Å². The Morgan fingerprint density at radius 2 is 1.81 bits per heavy atom. The molecule has 0 radical (unpaired) electrons. The van der Waals surface area contributed by atoms with Crippen LogP contribution in [-0.2, 0) is 10.0 Å². The summed E-state index contributed by atoms with van der Waals surface area (Å²) >= 11 is 0. The van der Waals surface area contributed by atoms with Crippen molar-refractivity contribution in [2.45, 2.75) is 64.0 Å². The van der Waals surface area contributed by atoms with Crippen LogP contribution in [0, 0.1) is 0 Å². The second-order valence-corrected chi connectivity index (χ2v) is 11.1. The Labute approximate surface area is 163 Å². The van der Waals surface area contributed by atoms with E-state index in [-0.39, 0.29) is 0 Å². The number of unbranched alkanes of at least 4 members (excludes halogenated alkanes) is 1. The van der Waals surface area contributed by atoms with E-state index in [9.17, 15) is 8.42 Å². The van der Waals surface area contributed by atoms with Crippen molar-refractivity contribution in [3.05, 3.63) is 36.0 Å². The molecule has 2 heterocycles. The molecule has 5 nitrogen and oxygen atoms in total. The van der Waals surface area contributed by atoms with Crippen molar-refractivity contribution in [3.8, 4) is 0 Å². The molecule has 0 aliphatic carbocycles. The van der Waals surface area contributed by atoms with E-state index in [2.05, 4.69) is 22.7 Å². The molecule has 0 atom stereocenters. The summed E-state index contributed by atoms with van der Waals surface area (Å²) in [6, 6.07) is 8.09. The molecule has 3 rings (SSSR count). The van der Waals surface area contributed by atoms with Crippen LogP contribution in [0.2, 0.25) is 0 Å². The van der Waals surface area contributed by atoms with E-state index in [1.165, 1.54) is 24.9 Å². The molecule has 1 aromatic carbocycles. The van der Waals surface area contributed by atoms with E-state index < -0.39 is 14.8 Å². The molecular weight excluding hydrogens is 358 g/mol. The first-order chi connectivity index (χ1) is 12.7. The summed E-state index contributed by atoms with van der Waals surface area (Å²) in [5.74, 6) is 0.480. The summed E-state index contributed by atoms with van der Waals surface area (Å²) in [6.45, 7) is 10.8. The van der Waals surface area contributed by atoms with Gasteiger partial charge in [-0.15, -0.1) is 0 Å². The molecule has 0 saturated carbocycles. The number of hydrogen-bond donors (Lipinski definition) is 1. The summed E-state index contributed by atoms with van der Waals surface area (Å²) < 4.78 is 26.2. The maximum absolute atomic E-state index is 12.7. The highest BCUT2D eigenvalue weighted by Crippen LogP contribution is 2.34. The molecule has 1 saturated heterocycles. The number of para-hydroxylation sites is 1. The van der Waals surface area contributed by atoms with E-state index >= 15 is 0 Å². The Hall–Kier alpha value is -1.53. The Balaban J connectivity index is 1.86. The molecule has 0 spiro atoms. The molecule has 0 unspecified atom stereocenters. The van der Waals surface area contributed by atoms with Crippen LogP contribution in [0.5, 0.6) is 0 Å². The van der Waals surface area contributed by atoms with Crippen molar-refractivity contribution >= 4 is 20.9 Å². The summed E-state index contributed by atoms with van der Waals surface area (Å²) in [4.78, 5) is 5.33. The number of rotatable bonds is 6. The van der Waals surface area contributed by atoms with E-state index in [1.807, 2.05) is 24.4 Å². The second kappa shape index (κ2) is 7.84. The maximum atomic E-state index is 12.7. The quantitative estimate of drug-likeness (QED) is 0.799. The van der Waals surface area contributed by atoms with Gasteiger partial charge < -0.3 is 4.90 Å². The Kier molecular flexibility index (Phi) is 5.87. The zero-order valence-electron chi connectivity index (χ0n) is 17.0. The monoisotopic (exact) mass is 391 g/mol. The fourth-order valence-corrected chi connectivity index (χ4v) is 4.41. The third-order valence-corrected chi connectivity index (χ3v) is 7.67. The molecule has 2 aromatic rings. The zero-order valence-corrected chi connectivity index (χ0v) is 17.8. The topological polar surface area (TPSA) is 54.3 Å². The van der Waals surface area contributed by atoms with Crippen LogP contribution in [0.1, 0.15) is 64.9 Å². The average Bonchev–Trinajstić information content (AvgIpc) is 2.98. The minimum Gasteiger partial charge on any atom is -0.303 e. The van der Waals surface area contributed by atoms with Gasteiger partial charge in [0.15, 0.2) is 0 Å². The summed E-state index contributed by atoms with van der Waals surface area (Å²) in [6.07, 6.45) is 6.76. The molecule has 1 aliphatic rings. The fraction of sp³-hybridized carbons (Fsp3) is 0.619. The van der Waals surface area contributed by atoms with E-state index in [1.54, 1.807) is 25.4 Å². The number of hydrogen-bond acceptors (Lipinski definition) is 3. The van der Waals surface area contributed by atoms with Gasteiger partial charge in [0.05, 0.1) is 10.3 Å². The second-order valence-electron chi connectivity index (χ2n) is 8.65. The van der Waals surface area contributed by atoms with Crippen LogP contribution >= 0.6 is 0 Å². The number of nitrogens with zero attached hydrogens (tertiary/aromatic N) is 2. The smallest absolute Gasteiger partial charge is 0.251 e. The number of nitrogens with one attached hydrogen (secondary N) is 1. The van der Waals surface area contributed by atoms with Crippen molar-refractivity contribution in [2.24, 2.45) is 0 Å². The predicted molar refractivity (Wildman–Crippen MR) is 113 cm³/mol. The van der Waals surface area contributed by atoms with Crippen LogP contribution < -0.4 is 4.83 Å². The normalized spacial score (nSPS) is 17.5. The third kappa shape index (κ3) is 4.32. The number of fused-ring (bicyclic) bond motifs is 1. The van der Waals surface area contributed by atoms with E-state index in [4.69, 9.17) is 0 Å². The first-order valence-electron chi connectivity index (χ1n) is 10.1. The lowest BCUT2D eigenvalue weighted by atomic mass is 9.89. The van der Waals surface area contributed by atoms with Crippen LogP contribution in [0.4, 0.5) is 0 Å². The van der Waals surface area contributed by atoms with Gasteiger partial charge in [-0.2, -0.15) is 0 Å². The van der Waals surface area contributed by atoms with E-state index in [0.29, 0.717) is 5.92 Å². The Morgan fingerprint density at radius 1 is 1.15 bits per heavy atom. The Morgan fingerprint density at radius 3 is 2.44 bits per heavy atom. The van der Waals surface area contributed by atoms with Crippen molar-refractivity contribution in [3.63, 3.8) is 0 Å². The summed E-state index contributed by atoms with van der Waals surface area (Å²) in [5.41, 5.74) is 2.19. The zero-order chi connectivity index (χ0) is 19.7. The molecule has 27 heavy (non-hydrogen) atoms. The van der Waals surface area contributed by atoms with E-state index in [0.717, 1.165) is 36.8 Å². The fourth-order valence-electron chi connectivity index (χ4n) is 3.72. The lowest BCUT2D eigenvalue weighted by Gasteiger charge is -2.31. The molecule has 0 bridgehead atoms. The molecule has 1 aromatic heterocycles. The van der Waals surface area contributed by atoms with Gasteiger partial charge in [-0.1, -0.05) is 31.5 Å². The highest BCUT2D eigenvalue weighted by atomic mass is 32.2. The molecule has 6 heteroatoms. The van der Waals surface area contributed by atoms with Crippen molar-refractivity contribution in [1.82, 2.24) is 9.58 Å². The number of likely N-dealkylation sites (tertiary alicyclic amines) is 1. The maximum Gasteiger partial charge on any atom is 0.251 e. The molecule has 0 amide bonds. The van der Waals surface area contributed by atoms with Crippen LogP contribution in [0.3, 0.4) is 0 Å².